The first-order valence-electron chi connectivity index (χ1n) is 8.06. The molecular formula is C20H16ClF2NO2S. The summed E-state index contributed by atoms with van der Waals surface area (Å²) in [6.45, 7) is 1.60. The lowest BCUT2D eigenvalue weighted by Gasteiger charge is -2.25. The molecule has 0 radical (unpaired) electrons. The van der Waals surface area contributed by atoms with Gasteiger partial charge in [-0.15, -0.1) is 0 Å². The van der Waals surface area contributed by atoms with Crippen molar-refractivity contribution in [3.05, 3.63) is 94.5 Å². The summed E-state index contributed by atoms with van der Waals surface area (Å²) in [4.78, 5) is 0.0231. The maximum Gasteiger partial charge on any atom is 0.264 e. The third-order valence-corrected chi connectivity index (χ3v) is 6.09. The Balaban J connectivity index is 2.09. The van der Waals surface area contributed by atoms with Crippen LogP contribution >= 0.6 is 11.6 Å². The zero-order valence-electron chi connectivity index (χ0n) is 14.4. The smallest absolute Gasteiger partial charge is 0.262 e. The molecule has 0 atom stereocenters. The number of hydrogen-bond acceptors (Lipinski definition) is 2. The molecule has 7 heteroatoms. The molecule has 140 valence electrons. The molecule has 0 heterocycles. The topological polar surface area (TPSA) is 37.4 Å². The number of sulfonamides is 1. The van der Waals surface area contributed by atoms with Crippen molar-refractivity contribution in [2.75, 3.05) is 4.31 Å². The van der Waals surface area contributed by atoms with Crippen LogP contribution in [0.3, 0.4) is 0 Å². The fourth-order valence-electron chi connectivity index (χ4n) is 2.56. The Bertz CT molecular complexity index is 1050. The second-order valence-corrected chi connectivity index (χ2v) is 8.34. The van der Waals surface area contributed by atoms with E-state index in [1.54, 1.807) is 24.3 Å². The SMILES string of the molecule is Cc1ccc(N(Cc2ccc(F)cc2F)S(=O)(=O)c2ccc(Cl)cc2)cc1. The van der Waals surface area contributed by atoms with Crippen molar-refractivity contribution in [3.63, 3.8) is 0 Å². The average Bonchev–Trinajstić information content (AvgIpc) is 2.62. The van der Waals surface area contributed by atoms with E-state index in [-0.39, 0.29) is 17.0 Å². The third-order valence-electron chi connectivity index (χ3n) is 4.05. The highest BCUT2D eigenvalue weighted by atomic mass is 35.5. The van der Waals surface area contributed by atoms with Crippen LogP contribution in [0.25, 0.3) is 0 Å². The lowest BCUT2D eigenvalue weighted by Crippen LogP contribution is -2.31. The molecule has 0 fully saturated rings. The Hall–Kier alpha value is -2.44. The minimum atomic E-state index is -3.99. The van der Waals surface area contributed by atoms with Crippen molar-refractivity contribution in [2.45, 2.75) is 18.4 Å². The maximum absolute atomic E-state index is 14.2. The van der Waals surface area contributed by atoms with E-state index in [0.29, 0.717) is 10.7 Å². The van der Waals surface area contributed by atoms with Crippen molar-refractivity contribution in [1.29, 1.82) is 0 Å². The van der Waals surface area contributed by atoms with Gasteiger partial charge in [-0.1, -0.05) is 35.4 Å². The lowest BCUT2D eigenvalue weighted by molar-refractivity contribution is 0.569. The number of rotatable bonds is 5. The minimum Gasteiger partial charge on any atom is -0.262 e. The number of hydrogen-bond donors (Lipinski definition) is 0. The van der Waals surface area contributed by atoms with Gasteiger partial charge in [0.05, 0.1) is 17.1 Å². The van der Waals surface area contributed by atoms with E-state index >= 15 is 0 Å². The van der Waals surface area contributed by atoms with Crippen molar-refractivity contribution < 1.29 is 17.2 Å². The Morgan fingerprint density at radius 1 is 0.926 bits per heavy atom. The van der Waals surface area contributed by atoms with Gasteiger partial charge < -0.3 is 0 Å². The third kappa shape index (κ3) is 4.28. The van der Waals surface area contributed by atoms with Crippen LogP contribution in [0.5, 0.6) is 0 Å². The van der Waals surface area contributed by atoms with Gasteiger partial charge in [-0.3, -0.25) is 4.31 Å². The van der Waals surface area contributed by atoms with Crippen LogP contribution in [0.1, 0.15) is 11.1 Å². The van der Waals surface area contributed by atoms with Crippen LogP contribution in [0, 0.1) is 18.6 Å². The van der Waals surface area contributed by atoms with Crippen LogP contribution in [0.2, 0.25) is 5.02 Å². The average molecular weight is 408 g/mol. The molecule has 3 aromatic carbocycles. The van der Waals surface area contributed by atoms with E-state index in [4.69, 9.17) is 11.6 Å². The molecule has 0 bridgehead atoms. The summed E-state index contributed by atoms with van der Waals surface area (Å²) in [7, 11) is -3.99. The highest BCUT2D eigenvalue weighted by Crippen LogP contribution is 2.28. The predicted octanol–water partition coefficient (Wildman–Crippen LogP) is 5.32. The van der Waals surface area contributed by atoms with E-state index in [9.17, 15) is 17.2 Å². The van der Waals surface area contributed by atoms with Crippen LogP contribution in [-0.4, -0.2) is 8.42 Å². The molecule has 3 aromatic rings. The highest BCUT2D eigenvalue weighted by molar-refractivity contribution is 7.92. The van der Waals surface area contributed by atoms with Gasteiger partial charge in [0, 0.05) is 16.7 Å². The van der Waals surface area contributed by atoms with E-state index in [0.717, 1.165) is 22.0 Å². The van der Waals surface area contributed by atoms with Crippen LogP contribution < -0.4 is 4.31 Å². The lowest BCUT2D eigenvalue weighted by atomic mass is 10.2. The molecule has 0 saturated heterocycles. The molecule has 0 unspecified atom stereocenters. The monoisotopic (exact) mass is 407 g/mol. The fraction of sp³-hybridized carbons (Fsp3) is 0.100. The zero-order valence-corrected chi connectivity index (χ0v) is 15.9. The first-order chi connectivity index (χ1) is 12.8. The van der Waals surface area contributed by atoms with Crippen molar-refractivity contribution in [3.8, 4) is 0 Å². The summed E-state index contributed by atoms with van der Waals surface area (Å²) in [5.41, 5.74) is 1.39. The Morgan fingerprint density at radius 2 is 1.56 bits per heavy atom. The minimum absolute atomic E-state index is 0.0231. The molecule has 0 spiro atoms. The van der Waals surface area contributed by atoms with Crippen molar-refractivity contribution >= 4 is 27.3 Å². The van der Waals surface area contributed by atoms with Gasteiger partial charge >= 0.3 is 0 Å². The largest absolute Gasteiger partial charge is 0.264 e. The van der Waals surface area contributed by atoms with Crippen LogP contribution in [0.15, 0.2) is 71.6 Å². The maximum atomic E-state index is 14.2. The zero-order chi connectivity index (χ0) is 19.6. The van der Waals surface area contributed by atoms with Gasteiger partial charge in [-0.05, 0) is 49.4 Å². The molecule has 0 aliphatic rings. The van der Waals surface area contributed by atoms with E-state index < -0.39 is 21.7 Å². The quantitative estimate of drug-likeness (QED) is 0.573. The first-order valence-corrected chi connectivity index (χ1v) is 9.88. The van der Waals surface area contributed by atoms with Gasteiger partial charge in [0.2, 0.25) is 0 Å². The van der Waals surface area contributed by atoms with E-state index in [1.807, 2.05) is 6.92 Å². The summed E-state index contributed by atoms with van der Waals surface area (Å²) in [6.07, 6.45) is 0. The van der Waals surface area contributed by atoms with Gasteiger partial charge in [-0.2, -0.15) is 0 Å². The van der Waals surface area contributed by atoms with Gasteiger partial charge in [-0.25, -0.2) is 17.2 Å². The summed E-state index contributed by atoms with van der Waals surface area (Å²) >= 11 is 5.85. The number of benzene rings is 3. The molecule has 27 heavy (non-hydrogen) atoms. The van der Waals surface area contributed by atoms with Crippen LogP contribution in [0.4, 0.5) is 14.5 Å². The normalized spacial score (nSPS) is 11.4. The molecule has 0 aliphatic carbocycles. The highest BCUT2D eigenvalue weighted by Gasteiger charge is 2.26. The Morgan fingerprint density at radius 3 is 2.15 bits per heavy atom. The van der Waals surface area contributed by atoms with Crippen LogP contribution in [-0.2, 0) is 16.6 Å². The Kier molecular flexibility index (Phi) is 5.48. The van der Waals surface area contributed by atoms with Gasteiger partial charge in [0.25, 0.3) is 10.0 Å². The summed E-state index contributed by atoms with van der Waals surface area (Å²) in [6, 6.07) is 15.6. The van der Waals surface area contributed by atoms with E-state index in [2.05, 4.69) is 0 Å². The first kappa shape index (κ1) is 19.3. The molecule has 3 nitrogen and oxygen atoms in total. The molecular weight excluding hydrogens is 392 g/mol. The molecule has 0 saturated carbocycles. The Labute approximate surface area is 161 Å². The molecule has 0 aromatic heterocycles. The molecule has 0 amide bonds. The number of aryl methyl sites for hydroxylation is 1. The van der Waals surface area contributed by atoms with Crippen molar-refractivity contribution in [2.24, 2.45) is 0 Å². The summed E-state index contributed by atoms with van der Waals surface area (Å²) < 4.78 is 54.8. The standard InChI is InChI=1S/C20H16ClF2NO2S/c1-14-2-8-18(9-3-14)24(13-15-4-7-17(22)12-20(15)23)27(25,26)19-10-5-16(21)6-11-19/h2-12H,13H2,1H3. The predicted molar refractivity (Wildman–Crippen MR) is 102 cm³/mol. The molecule has 0 N–H and O–H groups in total. The summed E-state index contributed by atoms with van der Waals surface area (Å²) in [5, 5.41) is 0.403. The number of halogens is 3. The summed E-state index contributed by atoms with van der Waals surface area (Å²) in [5.74, 6) is -1.53. The number of nitrogens with zero attached hydrogens (tertiary/aromatic N) is 1. The number of anilines is 1. The molecule has 3 rings (SSSR count). The van der Waals surface area contributed by atoms with Gasteiger partial charge in [0.15, 0.2) is 0 Å². The van der Waals surface area contributed by atoms with Gasteiger partial charge in [0.1, 0.15) is 11.6 Å². The van der Waals surface area contributed by atoms with Crippen molar-refractivity contribution in [1.82, 2.24) is 0 Å². The van der Waals surface area contributed by atoms with E-state index in [1.165, 1.54) is 30.3 Å². The molecule has 0 aliphatic heterocycles. The second kappa shape index (κ2) is 7.66. The second-order valence-electron chi connectivity index (χ2n) is 6.04. The fourth-order valence-corrected chi connectivity index (χ4v) is 4.13.